The van der Waals surface area contributed by atoms with E-state index in [1.54, 1.807) is 18.2 Å². The summed E-state index contributed by atoms with van der Waals surface area (Å²) in [6, 6.07) is 7.10. The molecule has 0 unspecified atom stereocenters. The molecule has 2 rings (SSSR count). The minimum atomic E-state index is -1.47. The summed E-state index contributed by atoms with van der Waals surface area (Å²) in [5, 5.41) is 18.3. The predicted octanol–water partition coefficient (Wildman–Crippen LogP) is 0.558. The second-order valence-electron chi connectivity index (χ2n) is 5.63. The van der Waals surface area contributed by atoms with Gasteiger partial charge in [-0.3, -0.25) is 0 Å². The van der Waals surface area contributed by atoms with Crippen LogP contribution in [0.1, 0.15) is 26.3 Å². The summed E-state index contributed by atoms with van der Waals surface area (Å²) in [6.07, 6.45) is 0. The van der Waals surface area contributed by atoms with Crippen molar-refractivity contribution in [3.63, 3.8) is 0 Å². The monoisotopic (exact) mass is 247 g/mol. The summed E-state index contributed by atoms with van der Waals surface area (Å²) in [5.74, 6) is 0.581. The Labute approximate surface area is 107 Å². The number of aliphatic imine (C=N–C) groups is 1. The van der Waals surface area contributed by atoms with E-state index in [1.165, 1.54) is 0 Å². The van der Waals surface area contributed by atoms with Crippen LogP contribution in [-0.2, 0) is 4.74 Å². The Hall–Kier alpha value is -1.33. The van der Waals surface area contributed by atoms with E-state index in [0.717, 1.165) is 5.56 Å². The molecule has 0 saturated heterocycles. The molecule has 1 aliphatic heterocycles. The Morgan fingerprint density at radius 1 is 1.33 bits per heavy atom. The molecule has 0 aliphatic carbocycles. The fourth-order valence-electron chi connectivity index (χ4n) is 1.81. The normalized spacial score (nSPS) is 19.4. The van der Waals surface area contributed by atoms with Crippen LogP contribution in [-0.4, -0.2) is 35.7 Å². The first kappa shape index (κ1) is 13.1. The highest BCUT2D eigenvalue weighted by atomic mass is 16.5. The van der Waals surface area contributed by atoms with Gasteiger partial charge in [0, 0.05) is 5.56 Å². The quantitative estimate of drug-likeness (QED) is 0.750. The topological polar surface area (TPSA) is 62.0 Å². The Balaban J connectivity index is 2.25. The average molecular weight is 247 g/mol. The molecule has 1 aromatic rings. The van der Waals surface area contributed by atoms with Crippen molar-refractivity contribution in [1.29, 1.82) is 0 Å². The summed E-state index contributed by atoms with van der Waals surface area (Å²) in [7, 11) is -1.47. The van der Waals surface area contributed by atoms with Crippen molar-refractivity contribution >= 4 is 18.5 Å². The smallest absolute Gasteiger partial charge is 0.475 e. The molecular formula is C13H18BNO3. The third kappa shape index (κ3) is 2.74. The van der Waals surface area contributed by atoms with E-state index in [2.05, 4.69) is 25.8 Å². The van der Waals surface area contributed by atoms with Crippen LogP contribution in [0.2, 0.25) is 0 Å². The molecule has 2 N–H and O–H groups in total. The lowest BCUT2D eigenvalue weighted by Gasteiger charge is -2.21. The van der Waals surface area contributed by atoms with Gasteiger partial charge < -0.3 is 14.8 Å². The van der Waals surface area contributed by atoms with E-state index in [-0.39, 0.29) is 11.5 Å². The zero-order valence-electron chi connectivity index (χ0n) is 10.9. The maximum absolute atomic E-state index is 9.15. The van der Waals surface area contributed by atoms with Gasteiger partial charge in [0.2, 0.25) is 5.90 Å². The Morgan fingerprint density at radius 3 is 2.61 bits per heavy atom. The molecule has 0 bridgehead atoms. The van der Waals surface area contributed by atoms with Gasteiger partial charge in [0.15, 0.2) is 0 Å². The maximum Gasteiger partial charge on any atom is 0.488 e. The average Bonchev–Trinajstić information content (AvgIpc) is 2.78. The van der Waals surface area contributed by atoms with Crippen molar-refractivity contribution < 1.29 is 14.8 Å². The second kappa shape index (κ2) is 4.74. The van der Waals surface area contributed by atoms with E-state index in [1.807, 2.05) is 6.07 Å². The lowest BCUT2D eigenvalue weighted by Crippen LogP contribution is -2.30. The van der Waals surface area contributed by atoms with Crippen LogP contribution in [0.4, 0.5) is 0 Å². The molecule has 0 spiro atoms. The van der Waals surface area contributed by atoms with Crippen molar-refractivity contribution in [3.05, 3.63) is 29.8 Å². The molecular weight excluding hydrogens is 229 g/mol. The number of hydrogen-bond acceptors (Lipinski definition) is 4. The first-order valence-electron chi connectivity index (χ1n) is 6.05. The number of rotatable bonds is 2. The zero-order chi connectivity index (χ0) is 13.3. The van der Waals surface area contributed by atoms with Gasteiger partial charge in [-0.05, 0) is 23.0 Å². The molecule has 1 atom stereocenters. The van der Waals surface area contributed by atoms with E-state index >= 15 is 0 Å². The lowest BCUT2D eigenvalue weighted by molar-refractivity contribution is 0.236. The SMILES string of the molecule is CC(C)(C)[C@H]1COC(c2cccc(B(O)O)c2)=N1. The predicted molar refractivity (Wildman–Crippen MR) is 72.0 cm³/mol. The molecule has 0 amide bonds. The molecule has 0 fully saturated rings. The molecule has 4 nitrogen and oxygen atoms in total. The van der Waals surface area contributed by atoms with Crippen molar-refractivity contribution in [2.24, 2.45) is 10.4 Å². The van der Waals surface area contributed by atoms with Crippen molar-refractivity contribution in [1.82, 2.24) is 0 Å². The van der Waals surface area contributed by atoms with Gasteiger partial charge >= 0.3 is 7.12 Å². The number of hydrogen-bond donors (Lipinski definition) is 2. The summed E-state index contributed by atoms with van der Waals surface area (Å²) < 4.78 is 5.60. The van der Waals surface area contributed by atoms with Crippen LogP contribution in [0.3, 0.4) is 0 Å². The summed E-state index contributed by atoms with van der Waals surface area (Å²) in [5.41, 5.74) is 1.29. The molecule has 0 radical (unpaired) electrons. The van der Waals surface area contributed by atoms with Crippen LogP contribution in [0.5, 0.6) is 0 Å². The van der Waals surface area contributed by atoms with E-state index in [4.69, 9.17) is 14.8 Å². The van der Waals surface area contributed by atoms with Gasteiger partial charge in [0.05, 0.1) is 6.04 Å². The minimum absolute atomic E-state index is 0.0653. The number of benzene rings is 1. The maximum atomic E-state index is 9.15. The molecule has 0 aromatic heterocycles. The van der Waals surface area contributed by atoms with Crippen LogP contribution >= 0.6 is 0 Å². The summed E-state index contributed by atoms with van der Waals surface area (Å²) >= 11 is 0. The van der Waals surface area contributed by atoms with E-state index < -0.39 is 7.12 Å². The van der Waals surface area contributed by atoms with Gasteiger partial charge in [-0.2, -0.15) is 0 Å². The van der Waals surface area contributed by atoms with Crippen molar-refractivity contribution in [3.8, 4) is 0 Å². The lowest BCUT2D eigenvalue weighted by atomic mass is 9.79. The Morgan fingerprint density at radius 2 is 2.06 bits per heavy atom. The number of ether oxygens (including phenoxy) is 1. The Bertz CT molecular complexity index is 466. The third-order valence-corrected chi connectivity index (χ3v) is 3.08. The molecule has 1 aromatic carbocycles. The summed E-state index contributed by atoms with van der Waals surface area (Å²) in [4.78, 5) is 4.56. The molecule has 5 heteroatoms. The van der Waals surface area contributed by atoms with Crippen LogP contribution in [0, 0.1) is 5.41 Å². The van der Waals surface area contributed by atoms with Crippen molar-refractivity contribution in [2.45, 2.75) is 26.8 Å². The highest BCUT2D eigenvalue weighted by molar-refractivity contribution is 6.58. The standard InChI is InChI=1S/C13H18BNO3/c1-13(2,3)11-8-18-12(15-11)9-5-4-6-10(7-9)14(16)17/h4-7,11,16-17H,8H2,1-3H3/t11-/m1/s1. The van der Waals surface area contributed by atoms with Crippen LogP contribution in [0.25, 0.3) is 0 Å². The third-order valence-electron chi connectivity index (χ3n) is 3.08. The first-order valence-corrected chi connectivity index (χ1v) is 6.05. The van der Waals surface area contributed by atoms with Crippen LogP contribution in [0.15, 0.2) is 29.3 Å². The molecule has 96 valence electrons. The minimum Gasteiger partial charge on any atom is -0.475 e. The number of nitrogens with zero attached hydrogens (tertiary/aromatic N) is 1. The fraction of sp³-hybridized carbons (Fsp3) is 0.462. The van der Waals surface area contributed by atoms with Gasteiger partial charge in [-0.25, -0.2) is 4.99 Å². The zero-order valence-corrected chi connectivity index (χ0v) is 10.9. The second-order valence-corrected chi connectivity index (χ2v) is 5.63. The van der Waals surface area contributed by atoms with Gasteiger partial charge in [-0.15, -0.1) is 0 Å². The fourth-order valence-corrected chi connectivity index (χ4v) is 1.81. The van der Waals surface area contributed by atoms with Crippen LogP contribution < -0.4 is 5.46 Å². The van der Waals surface area contributed by atoms with E-state index in [9.17, 15) is 0 Å². The van der Waals surface area contributed by atoms with Gasteiger partial charge in [-0.1, -0.05) is 32.9 Å². The molecule has 18 heavy (non-hydrogen) atoms. The van der Waals surface area contributed by atoms with Crippen molar-refractivity contribution in [2.75, 3.05) is 6.61 Å². The Kier molecular flexibility index (Phi) is 3.46. The highest BCUT2D eigenvalue weighted by Crippen LogP contribution is 2.27. The highest BCUT2D eigenvalue weighted by Gasteiger charge is 2.30. The van der Waals surface area contributed by atoms with Gasteiger partial charge in [0.1, 0.15) is 6.61 Å². The molecule has 1 aliphatic rings. The van der Waals surface area contributed by atoms with E-state index in [0.29, 0.717) is 18.0 Å². The molecule has 0 saturated carbocycles. The summed E-state index contributed by atoms with van der Waals surface area (Å²) in [6.45, 7) is 6.95. The largest absolute Gasteiger partial charge is 0.488 e. The first-order chi connectivity index (χ1) is 8.38. The van der Waals surface area contributed by atoms with Gasteiger partial charge in [0.25, 0.3) is 0 Å². The molecule has 1 heterocycles.